The van der Waals surface area contributed by atoms with E-state index in [0.29, 0.717) is 19.6 Å². The molecule has 5 atom stereocenters. The van der Waals surface area contributed by atoms with Crippen molar-refractivity contribution in [1.82, 2.24) is 0 Å². The van der Waals surface area contributed by atoms with E-state index in [9.17, 15) is 9.59 Å². The number of epoxide rings is 3. The Balaban J connectivity index is 1.38. The Morgan fingerprint density at radius 3 is 2.33 bits per heavy atom. The van der Waals surface area contributed by atoms with Crippen molar-refractivity contribution in [3.05, 3.63) is 11.8 Å². The zero-order valence-corrected chi connectivity index (χ0v) is 11.4. The van der Waals surface area contributed by atoms with Crippen molar-refractivity contribution < 1.29 is 33.3 Å². The minimum absolute atomic E-state index is 0.00698. The molecule has 0 spiro atoms. The topological polar surface area (TPSA) is 90.2 Å². The van der Waals surface area contributed by atoms with Crippen LogP contribution in [0.1, 0.15) is 6.42 Å². The molecule has 21 heavy (non-hydrogen) atoms. The van der Waals surface area contributed by atoms with Gasteiger partial charge in [-0.1, -0.05) is 0 Å². The maximum absolute atomic E-state index is 12.2. The van der Waals surface area contributed by atoms with Crippen LogP contribution >= 0.6 is 0 Å². The van der Waals surface area contributed by atoms with E-state index < -0.39 is 17.8 Å². The van der Waals surface area contributed by atoms with E-state index >= 15 is 0 Å². The molecule has 3 fully saturated rings. The SMILES string of the molecule is O=C(OC[C@H]1CO1)[C@H]1C=C2O[C@@H]2C[C@H]1C(=O)OC[C@@H]1CO1. The van der Waals surface area contributed by atoms with Crippen molar-refractivity contribution in [2.45, 2.75) is 24.7 Å². The van der Waals surface area contributed by atoms with E-state index in [-0.39, 0.29) is 37.5 Å². The second-order valence-corrected chi connectivity index (χ2v) is 5.71. The number of rotatable bonds is 6. The molecular formula is C14H16O7. The summed E-state index contributed by atoms with van der Waals surface area (Å²) in [5.41, 5.74) is 0. The molecule has 7 heteroatoms. The van der Waals surface area contributed by atoms with Gasteiger partial charge in [0.1, 0.15) is 31.2 Å². The molecule has 4 rings (SSSR count). The van der Waals surface area contributed by atoms with Gasteiger partial charge in [-0.25, -0.2) is 0 Å². The summed E-state index contributed by atoms with van der Waals surface area (Å²) in [6.45, 7) is 1.73. The van der Waals surface area contributed by atoms with Crippen LogP contribution in [0.5, 0.6) is 0 Å². The Labute approximate surface area is 121 Å². The molecule has 0 aromatic rings. The van der Waals surface area contributed by atoms with E-state index in [2.05, 4.69) is 0 Å². The van der Waals surface area contributed by atoms with Crippen LogP contribution in [-0.2, 0) is 33.3 Å². The van der Waals surface area contributed by atoms with Crippen LogP contribution < -0.4 is 0 Å². The summed E-state index contributed by atoms with van der Waals surface area (Å²) < 4.78 is 25.7. The molecule has 0 N–H and O–H groups in total. The largest absolute Gasteiger partial charge is 0.483 e. The number of carbonyl (C=O) groups is 2. The lowest BCUT2D eigenvalue weighted by Gasteiger charge is -2.22. The standard InChI is InChI=1S/C14H16O7/c15-13(19-5-7-3-17-7)9-1-11-12(21-11)2-10(9)14(16)20-6-8-4-18-8/h1,7-10,12H,2-6H2/t7-,8+,9+,10-,12-/m1/s1. The van der Waals surface area contributed by atoms with Gasteiger partial charge in [-0.3, -0.25) is 9.59 Å². The third kappa shape index (κ3) is 3.03. The molecule has 0 bridgehead atoms. The Hall–Kier alpha value is -1.60. The smallest absolute Gasteiger partial charge is 0.313 e. The van der Waals surface area contributed by atoms with Crippen molar-refractivity contribution in [2.24, 2.45) is 11.8 Å². The Morgan fingerprint density at radius 1 is 1.10 bits per heavy atom. The summed E-state index contributed by atoms with van der Waals surface area (Å²) in [6.07, 6.45) is 2.13. The summed E-state index contributed by atoms with van der Waals surface area (Å²) in [5, 5.41) is 0. The van der Waals surface area contributed by atoms with Crippen molar-refractivity contribution in [1.29, 1.82) is 0 Å². The number of hydrogen-bond acceptors (Lipinski definition) is 7. The van der Waals surface area contributed by atoms with Gasteiger partial charge in [0.15, 0.2) is 6.10 Å². The maximum Gasteiger partial charge on any atom is 0.313 e. The molecule has 3 heterocycles. The zero-order valence-electron chi connectivity index (χ0n) is 11.4. The van der Waals surface area contributed by atoms with Crippen LogP contribution in [0.2, 0.25) is 0 Å². The highest BCUT2D eigenvalue weighted by Crippen LogP contribution is 2.42. The van der Waals surface area contributed by atoms with Crippen molar-refractivity contribution in [2.75, 3.05) is 26.4 Å². The molecule has 0 unspecified atom stereocenters. The third-order valence-electron chi connectivity index (χ3n) is 3.99. The zero-order chi connectivity index (χ0) is 14.4. The fraction of sp³-hybridized carbons (Fsp3) is 0.714. The van der Waals surface area contributed by atoms with Gasteiger partial charge >= 0.3 is 11.9 Å². The molecule has 7 nitrogen and oxygen atoms in total. The van der Waals surface area contributed by atoms with Crippen LogP contribution in [0.4, 0.5) is 0 Å². The molecule has 0 aromatic carbocycles. The highest BCUT2D eigenvalue weighted by molar-refractivity contribution is 5.84. The number of fused-ring (bicyclic) bond motifs is 1. The highest BCUT2D eigenvalue weighted by atomic mass is 16.6. The van der Waals surface area contributed by atoms with Gasteiger partial charge < -0.3 is 23.7 Å². The Bertz CT molecular complexity index is 492. The number of esters is 2. The molecule has 114 valence electrons. The summed E-state index contributed by atoms with van der Waals surface area (Å²) in [7, 11) is 0. The Morgan fingerprint density at radius 2 is 1.71 bits per heavy atom. The summed E-state index contributed by atoms with van der Waals surface area (Å²) in [6, 6.07) is 0. The molecular weight excluding hydrogens is 280 g/mol. The number of carbonyl (C=O) groups excluding carboxylic acids is 2. The first-order valence-electron chi connectivity index (χ1n) is 7.15. The van der Waals surface area contributed by atoms with Crippen LogP contribution in [0, 0.1) is 11.8 Å². The lowest BCUT2D eigenvalue weighted by atomic mass is 9.84. The second kappa shape index (κ2) is 4.99. The van der Waals surface area contributed by atoms with Crippen LogP contribution in [0.25, 0.3) is 0 Å². The second-order valence-electron chi connectivity index (χ2n) is 5.71. The fourth-order valence-corrected chi connectivity index (χ4v) is 2.47. The Kier molecular flexibility index (Phi) is 3.11. The lowest BCUT2D eigenvalue weighted by Crippen LogP contribution is -2.35. The van der Waals surface area contributed by atoms with E-state index in [1.165, 1.54) is 0 Å². The minimum Gasteiger partial charge on any atom is -0.483 e. The van der Waals surface area contributed by atoms with Crippen molar-refractivity contribution >= 4 is 11.9 Å². The van der Waals surface area contributed by atoms with Gasteiger partial charge in [0, 0.05) is 6.42 Å². The fourth-order valence-electron chi connectivity index (χ4n) is 2.47. The molecule has 4 aliphatic rings. The van der Waals surface area contributed by atoms with Crippen LogP contribution in [-0.4, -0.2) is 56.7 Å². The molecule has 3 saturated heterocycles. The molecule has 0 aromatic heterocycles. The monoisotopic (exact) mass is 296 g/mol. The number of hydrogen-bond donors (Lipinski definition) is 0. The van der Waals surface area contributed by atoms with Crippen molar-refractivity contribution in [3.8, 4) is 0 Å². The van der Waals surface area contributed by atoms with E-state index in [1.54, 1.807) is 6.08 Å². The molecule has 0 radical (unpaired) electrons. The first-order valence-corrected chi connectivity index (χ1v) is 7.15. The predicted octanol–water partition coefficient (Wildman–Crippen LogP) is -0.211. The highest BCUT2D eigenvalue weighted by Gasteiger charge is 2.49. The first kappa shape index (κ1) is 13.1. The lowest BCUT2D eigenvalue weighted by molar-refractivity contribution is -0.160. The molecule has 3 aliphatic heterocycles. The normalized spacial score (nSPS) is 38.5. The summed E-state index contributed by atoms with van der Waals surface area (Å²) in [4.78, 5) is 24.3. The maximum atomic E-state index is 12.2. The number of ether oxygens (including phenoxy) is 5. The van der Waals surface area contributed by atoms with Gasteiger partial charge in [-0.15, -0.1) is 0 Å². The minimum atomic E-state index is -0.634. The molecule has 1 aliphatic carbocycles. The third-order valence-corrected chi connectivity index (χ3v) is 3.99. The quantitative estimate of drug-likeness (QED) is 0.495. The van der Waals surface area contributed by atoms with Crippen LogP contribution in [0.15, 0.2) is 11.8 Å². The van der Waals surface area contributed by atoms with Gasteiger partial charge in [-0.2, -0.15) is 0 Å². The van der Waals surface area contributed by atoms with Crippen LogP contribution in [0.3, 0.4) is 0 Å². The predicted molar refractivity (Wildman–Crippen MR) is 66.0 cm³/mol. The first-order chi connectivity index (χ1) is 10.2. The van der Waals surface area contributed by atoms with Gasteiger partial charge in [0.2, 0.25) is 0 Å². The van der Waals surface area contributed by atoms with Gasteiger partial charge in [-0.05, 0) is 6.08 Å². The summed E-state index contributed by atoms with van der Waals surface area (Å²) in [5.74, 6) is -1.22. The average molecular weight is 296 g/mol. The van der Waals surface area contributed by atoms with Gasteiger partial charge in [0.05, 0.1) is 25.0 Å². The van der Waals surface area contributed by atoms with E-state index in [0.717, 1.165) is 5.76 Å². The van der Waals surface area contributed by atoms with Crippen molar-refractivity contribution in [3.63, 3.8) is 0 Å². The summed E-state index contributed by atoms with van der Waals surface area (Å²) >= 11 is 0. The molecule has 0 saturated carbocycles. The van der Waals surface area contributed by atoms with E-state index in [1.807, 2.05) is 0 Å². The van der Waals surface area contributed by atoms with E-state index in [4.69, 9.17) is 23.7 Å². The molecule has 0 amide bonds. The van der Waals surface area contributed by atoms with Gasteiger partial charge in [0.25, 0.3) is 0 Å². The average Bonchev–Trinajstić information content (AvgIpc) is 3.37.